The van der Waals surface area contributed by atoms with Crippen molar-refractivity contribution in [1.29, 1.82) is 0 Å². The molecule has 0 aliphatic heterocycles. The highest BCUT2D eigenvalue weighted by atomic mass is 15.3. The molecule has 0 saturated heterocycles. The van der Waals surface area contributed by atoms with Crippen molar-refractivity contribution in [2.75, 3.05) is 0 Å². The number of hydrogen-bond acceptors (Lipinski definition) is 2. The molecule has 1 aromatic rings. The van der Waals surface area contributed by atoms with E-state index in [0.717, 1.165) is 19.4 Å². The van der Waals surface area contributed by atoms with Crippen molar-refractivity contribution < 1.29 is 0 Å². The molecule has 0 spiro atoms. The van der Waals surface area contributed by atoms with Gasteiger partial charge in [0.05, 0.1) is 12.2 Å². The van der Waals surface area contributed by atoms with Crippen LogP contribution in [0.25, 0.3) is 0 Å². The average Bonchev–Trinajstić information content (AvgIpc) is 2.65. The third kappa shape index (κ3) is 3.97. The molecule has 0 radical (unpaired) electrons. The zero-order valence-electron chi connectivity index (χ0n) is 11.2. The Morgan fingerprint density at radius 2 is 1.94 bits per heavy atom. The van der Waals surface area contributed by atoms with Crippen LogP contribution in [0.5, 0.6) is 0 Å². The maximum absolute atomic E-state index is 4.44. The van der Waals surface area contributed by atoms with Gasteiger partial charge in [-0.15, -0.1) is 0 Å². The van der Waals surface area contributed by atoms with E-state index in [1.54, 1.807) is 0 Å². The van der Waals surface area contributed by atoms with E-state index in [1.807, 2.05) is 6.20 Å². The second-order valence-corrected chi connectivity index (χ2v) is 5.40. The van der Waals surface area contributed by atoms with E-state index in [2.05, 4.69) is 55.9 Å². The maximum Gasteiger partial charge on any atom is 0.0534 e. The van der Waals surface area contributed by atoms with E-state index in [1.165, 1.54) is 5.56 Å². The Morgan fingerprint density at radius 3 is 2.44 bits per heavy atom. The van der Waals surface area contributed by atoms with Crippen molar-refractivity contribution >= 4 is 0 Å². The number of aromatic nitrogens is 2. The summed E-state index contributed by atoms with van der Waals surface area (Å²) in [5.41, 5.74) is 1.43. The Hall–Kier alpha value is -0.830. The van der Waals surface area contributed by atoms with Crippen molar-refractivity contribution in [3.63, 3.8) is 0 Å². The van der Waals surface area contributed by atoms with Gasteiger partial charge in [-0.2, -0.15) is 5.10 Å². The van der Waals surface area contributed by atoms with Crippen molar-refractivity contribution in [2.24, 2.45) is 0 Å². The van der Waals surface area contributed by atoms with Crippen molar-refractivity contribution in [2.45, 2.75) is 65.6 Å². The van der Waals surface area contributed by atoms with Gasteiger partial charge in [-0.05, 0) is 33.6 Å². The lowest BCUT2D eigenvalue weighted by Crippen LogP contribution is -2.34. The molecule has 1 rings (SSSR count). The lowest BCUT2D eigenvalue weighted by atomic mass is 10.1. The molecule has 1 heterocycles. The van der Waals surface area contributed by atoms with Crippen LogP contribution >= 0.6 is 0 Å². The highest BCUT2D eigenvalue weighted by Gasteiger charge is 2.11. The molecule has 0 aliphatic carbocycles. The summed E-state index contributed by atoms with van der Waals surface area (Å²) in [7, 11) is 0. The molecule has 0 amide bonds. The Morgan fingerprint density at radius 1 is 1.31 bits per heavy atom. The minimum atomic E-state index is 0.164. The molecule has 0 bridgehead atoms. The molecule has 0 aromatic carbocycles. The minimum absolute atomic E-state index is 0.164. The van der Waals surface area contributed by atoms with Crippen LogP contribution < -0.4 is 5.32 Å². The van der Waals surface area contributed by atoms with E-state index in [4.69, 9.17) is 0 Å². The first-order valence-electron chi connectivity index (χ1n) is 6.24. The molecule has 3 nitrogen and oxygen atoms in total. The normalized spacial score (nSPS) is 12.4. The van der Waals surface area contributed by atoms with E-state index in [9.17, 15) is 0 Å². The van der Waals surface area contributed by atoms with Crippen LogP contribution in [0.15, 0.2) is 12.4 Å². The quantitative estimate of drug-likeness (QED) is 0.831. The molecular formula is C13H25N3. The lowest BCUT2D eigenvalue weighted by molar-refractivity contribution is 0.419. The summed E-state index contributed by atoms with van der Waals surface area (Å²) in [6.45, 7) is 11.9. The number of rotatable bonds is 5. The second-order valence-electron chi connectivity index (χ2n) is 5.40. The molecule has 1 N–H and O–H groups in total. The first kappa shape index (κ1) is 13.2. The predicted octanol–water partition coefficient (Wildman–Crippen LogP) is 3.13. The topological polar surface area (TPSA) is 29.9 Å². The summed E-state index contributed by atoms with van der Waals surface area (Å²) < 4.78 is 2.10. The summed E-state index contributed by atoms with van der Waals surface area (Å²) in [6.07, 6.45) is 6.42. The average molecular weight is 223 g/mol. The van der Waals surface area contributed by atoms with Crippen molar-refractivity contribution in [3.8, 4) is 0 Å². The zero-order chi connectivity index (χ0) is 12.2. The zero-order valence-corrected chi connectivity index (χ0v) is 11.2. The van der Waals surface area contributed by atoms with Gasteiger partial charge in [0.2, 0.25) is 0 Å². The van der Waals surface area contributed by atoms with Gasteiger partial charge in [-0.1, -0.05) is 13.8 Å². The lowest BCUT2D eigenvalue weighted by Gasteiger charge is -2.19. The highest BCUT2D eigenvalue weighted by molar-refractivity contribution is 5.04. The number of nitrogens with one attached hydrogen (secondary N) is 1. The molecular weight excluding hydrogens is 198 g/mol. The highest BCUT2D eigenvalue weighted by Crippen LogP contribution is 2.15. The molecule has 0 saturated carbocycles. The molecule has 92 valence electrons. The van der Waals surface area contributed by atoms with Gasteiger partial charge < -0.3 is 5.32 Å². The smallest absolute Gasteiger partial charge is 0.0534 e. The van der Waals surface area contributed by atoms with Gasteiger partial charge in [-0.3, -0.25) is 4.68 Å². The molecule has 0 fully saturated rings. The van der Waals surface area contributed by atoms with Crippen LogP contribution in [-0.2, 0) is 6.54 Å². The SMILES string of the molecule is CCC(CC)n1cc(CNC(C)(C)C)cn1. The van der Waals surface area contributed by atoms with Crippen LogP contribution in [-0.4, -0.2) is 15.3 Å². The third-order valence-corrected chi connectivity index (χ3v) is 2.79. The standard InChI is InChI=1S/C13H25N3/c1-6-12(7-2)16-10-11(9-15-16)8-14-13(3,4)5/h9-10,12,14H,6-8H2,1-5H3. The fourth-order valence-corrected chi connectivity index (χ4v) is 1.70. The van der Waals surface area contributed by atoms with Crippen molar-refractivity contribution in [1.82, 2.24) is 15.1 Å². The van der Waals surface area contributed by atoms with Gasteiger partial charge in [-0.25, -0.2) is 0 Å². The second kappa shape index (κ2) is 5.48. The van der Waals surface area contributed by atoms with E-state index in [-0.39, 0.29) is 5.54 Å². The van der Waals surface area contributed by atoms with Gasteiger partial charge in [0.15, 0.2) is 0 Å². The fourth-order valence-electron chi connectivity index (χ4n) is 1.70. The van der Waals surface area contributed by atoms with Gasteiger partial charge in [0, 0.05) is 23.8 Å². The Balaban J connectivity index is 2.58. The van der Waals surface area contributed by atoms with E-state index >= 15 is 0 Å². The Bertz CT molecular complexity index is 305. The van der Waals surface area contributed by atoms with Gasteiger partial charge >= 0.3 is 0 Å². The first-order valence-corrected chi connectivity index (χ1v) is 6.24. The summed E-state index contributed by atoms with van der Waals surface area (Å²) in [4.78, 5) is 0. The molecule has 1 aromatic heterocycles. The molecule has 3 heteroatoms. The Labute approximate surface area is 99.2 Å². The summed E-state index contributed by atoms with van der Waals surface area (Å²) in [5.74, 6) is 0. The summed E-state index contributed by atoms with van der Waals surface area (Å²) in [5, 5.41) is 7.91. The van der Waals surface area contributed by atoms with Crippen molar-refractivity contribution in [3.05, 3.63) is 18.0 Å². The maximum atomic E-state index is 4.44. The predicted molar refractivity (Wildman–Crippen MR) is 68.4 cm³/mol. The Kier molecular flexibility index (Phi) is 4.54. The van der Waals surface area contributed by atoms with Gasteiger partial charge in [0.25, 0.3) is 0 Å². The fraction of sp³-hybridized carbons (Fsp3) is 0.769. The first-order chi connectivity index (χ1) is 7.46. The van der Waals surface area contributed by atoms with Crippen LogP contribution in [0, 0.1) is 0 Å². The minimum Gasteiger partial charge on any atom is -0.308 e. The van der Waals surface area contributed by atoms with Crippen LogP contribution in [0.1, 0.15) is 59.1 Å². The number of hydrogen-bond donors (Lipinski definition) is 1. The van der Waals surface area contributed by atoms with Crippen LogP contribution in [0.3, 0.4) is 0 Å². The van der Waals surface area contributed by atoms with Crippen LogP contribution in [0.4, 0.5) is 0 Å². The molecule has 0 aliphatic rings. The van der Waals surface area contributed by atoms with Gasteiger partial charge in [0.1, 0.15) is 0 Å². The van der Waals surface area contributed by atoms with Crippen LogP contribution in [0.2, 0.25) is 0 Å². The summed E-state index contributed by atoms with van der Waals surface area (Å²) >= 11 is 0. The monoisotopic (exact) mass is 223 g/mol. The number of nitrogens with zero attached hydrogens (tertiary/aromatic N) is 2. The molecule has 16 heavy (non-hydrogen) atoms. The molecule has 0 atom stereocenters. The largest absolute Gasteiger partial charge is 0.308 e. The van der Waals surface area contributed by atoms with E-state index in [0.29, 0.717) is 6.04 Å². The molecule has 0 unspecified atom stereocenters. The summed E-state index contributed by atoms with van der Waals surface area (Å²) in [6, 6.07) is 0.545. The van der Waals surface area contributed by atoms with E-state index < -0.39 is 0 Å². The third-order valence-electron chi connectivity index (χ3n) is 2.79.